The molecule has 0 aromatic rings. The molecule has 1 rings (SSSR count). The minimum atomic E-state index is -0.153. The summed E-state index contributed by atoms with van der Waals surface area (Å²) in [5, 5.41) is 0. The first-order chi connectivity index (χ1) is 16.5. The molecule has 1 aliphatic rings. The lowest BCUT2D eigenvalue weighted by Gasteiger charge is -2.45. The molecular weight excluding hydrogens is 418 g/mol. The van der Waals surface area contributed by atoms with E-state index >= 15 is 0 Å². The Morgan fingerprint density at radius 3 is 1.88 bits per heavy atom. The number of carbonyl (C=O) groups is 1. The van der Waals surface area contributed by atoms with E-state index in [9.17, 15) is 4.79 Å². The molecule has 0 bridgehead atoms. The molecule has 1 heterocycles. The van der Waals surface area contributed by atoms with Crippen molar-refractivity contribution in [1.82, 2.24) is 0 Å². The van der Waals surface area contributed by atoms with Crippen molar-refractivity contribution in [2.24, 2.45) is 11.8 Å². The number of esters is 1. The standard InChI is InChI=1S/C31H58NO2/c1-6-10-12-14-15-16-17-18-19-20-24-32(25-22-29(8-3)23-26-32)30(9-4)28(5)31(33)34-27-21-13-11-7-2/h8-9,28-29H,3,6-7,10-27H2,1-2,4-5H3/q+1. The molecule has 34 heavy (non-hydrogen) atoms. The molecule has 0 amide bonds. The van der Waals surface area contributed by atoms with Crippen molar-refractivity contribution in [3.8, 4) is 0 Å². The van der Waals surface area contributed by atoms with E-state index in [1.807, 2.05) is 0 Å². The van der Waals surface area contributed by atoms with Gasteiger partial charge in [-0.1, -0.05) is 90.6 Å². The normalized spacial score (nSPS) is 21.9. The Balaban J connectivity index is 2.59. The second-order valence-corrected chi connectivity index (χ2v) is 10.7. The van der Waals surface area contributed by atoms with Gasteiger partial charge in [0.2, 0.25) is 0 Å². The van der Waals surface area contributed by atoms with E-state index in [1.165, 1.54) is 95.6 Å². The van der Waals surface area contributed by atoms with Crippen LogP contribution in [0.25, 0.3) is 0 Å². The number of allylic oxidation sites excluding steroid dienone is 2. The van der Waals surface area contributed by atoms with Crippen LogP contribution in [-0.4, -0.2) is 36.7 Å². The van der Waals surface area contributed by atoms with Gasteiger partial charge in [0.25, 0.3) is 0 Å². The summed E-state index contributed by atoms with van der Waals surface area (Å²) in [5.74, 6) is 0.438. The van der Waals surface area contributed by atoms with Crippen molar-refractivity contribution in [2.45, 2.75) is 130 Å². The number of unbranched alkanes of at least 4 members (excludes halogenated alkanes) is 12. The van der Waals surface area contributed by atoms with Crippen molar-refractivity contribution in [1.29, 1.82) is 0 Å². The van der Waals surface area contributed by atoms with Crippen molar-refractivity contribution >= 4 is 5.97 Å². The molecule has 3 heteroatoms. The van der Waals surface area contributed by atoms with E-state index in [-0.39, 0.29) is 11.9 Å². The zero-order chi connectivity index (χ0) is 25.1. The van der Waals surface area contributed by atoms with E-state index in [0.29, 0.717) is 12.5 Å². The van der Waals surface area contributed by atoms with Crippen molar-refractivity contribution in [2.75, 3.05) is 26.2 Å². The van der Waals surface area contributed by atoms with Crippen LogP contribution in [0.1, 0.15) is 130 Å². The third-order valence-corrected chi connectivity index (χ3v) is 8.01. The van der Waals surface area contributed by atoms with Gasteiger partial charge in [-0.15, -0.1) is 6.58 Å². The molecule has 0 aromatic carbocycles. The number of hydrogen-bond donors (Lipinski definition) is 0. The minimum Gasteiger partial charge on any atom is -0.465 e. The maximum Gasteiger partial charge on any atom is 0.318 e. The van der Waals surface area contributed by atoms with Gasteiger partial charge in [0.1, 0.15) is 11.6 Å². The molecule has 0 saturated carbocycles. The largest absolute Gasteiger partial charge is 0.465 e. The smallest absolute Gasteiger partial charge is 0.318 e. The van der Waals surface area contributed by atoms with Crippen LogP contribution in [0.3, 0.4) is 0 Å². The quantitative estimate of drug-likeness (QED) is 0.0758. The van der Waals surface area contributed by atoms with E-state index in [4.69, 9.17) is 4.74 Å². The van der Waals surface area contributed by atoms with Gasteiger partial charge in [0.05, 0.1) is 26.2 Å². The summed E-state index contributed by atoms with van der Waals surface area (Å²) in [7, 11) is 0. The summed E-state index contributed by atoms with van der Waals surface area (Å²) in [6.45, 7) is 16.7. The van der Waals surface area contributed by atoms with E-state index < -0.39 is 0 Å². The van der Waals surface area contributed by atoms with Crippen LogP contribution < -0.4 is 0 Å². The second kappa shape index (κ2) is 19.1. The van der Waals surface area contributed by atoms with Crippen LogP contribution in [0.5, 0.6) is 0 Å². The molecule has 0 aliphatic carbocycles. The fourth-order valence-corrected chi connectivity index (χ4v) is 5.71. The summed E-state index contributed by atoms with van der Waals surface area (Å²) >= 11 is 0. The highest BCUT2D eigenvalue weighted by atomic mass is 16.5. The van der Waals surface area contributed by atoms with Crippen LogP contribution in [0.15, 0.2) is 24.4 Å². The molecule has 0 radical (unpaired) electrons. The highest BCUT2D eigenvalue weighted by Crippen LogP contribution is 2.34. The summed E-state index contributed by atoms with van der Waals surface area (Å²) < 4.78 is 6.70. The molecule has 0 N–H and O–H groups in total. The zero-order valence-electron chi connectivity index (χ0n) is 23.4. The first kappa shape index (κ1) is 30.9. The number of hydrogen-bond acceptors (Lipinski definition) is 2. The SMILES string of the molecule is C=CC1CC[N+](CCCCCCCCCCCC)(C(=CC)C(C)C(=O)OCCCCCC)CC1. The van der Waals surface area contributed by atoms with Gasteiger partial charge in [-0.3, -0.25) is 9.28 Å². The van der Waals surface area contributed by atoms with E-state index in [1.54, 1.807) is 0 Å². The molecular formula is C31H58NO2+. The predicted molar refractivity (Wildman–Crippen MR) is 148 cm³/mol. The molecule has 1 fully saturated rings. The van der Waals surface area contributed by atoms with Crippen molar-refractivity contribution in [3.05, 3.63) is 24.4 Å². The number of nitrogens with zero attached hydrogens (tertiary/aromatic N) is 1. The fourth-order valence-electron chi connectivity index (χ4n) is 5.71. The third kappa shape index (κ3) is 11.6. The number of ether oxygens (including phenoxy) is 1. The highest BCUT2D eigenvalue weighted by Gasteiger charge is 2.40. The van der Waals surface area contributed by atoms with E-state index in [2.05, 4.69) is 46.4 Å². The molecule has 198 valence electrons. The molecule has 1 atom stereocenters. The zero-order valence-corrected chi connectivity index (χ0v) is 23.4. The predicted octanol–water partition coefficient (Wildman–Crippen LogP) is 8.98. The number of piperidine rings is 1. The monoisotopic (exact) mass is 476 g/mol. The Bertz CT molecular complexity index is 560. The van der Waals surface area contributed by atoms with Gasteiger partial charge in [-0.25, -0.2) is 0 Å². The minimum absolute atomic E-state index is 0.0315. The molecule has 1 unspecified atom stereocenters. The van der Waals surface area contributed by atoms with Gasteiger partial charge in [-0.05, 0) is 45.1 Å². The third-order valence-electron chi connectivity index (χ3n) is 8.01. The molecule has 0 spiro atoms. The summed E-state index contributed by atoms with van der Waals surface area (Å²) in [6, 6.07) is 0. The van der Waals surface area contributed by atoms with Gasteiger partial charge in [0.15, 0.2) is 0 Å². The topological polar surface area (TPSA) is 26.3 Å². The van der Waals surface area contributed by atoms with Gasteiger partial charge >= 0.3 is 5.97 Å². The Morgan fingerprint density at radius 2 is 1.38 bits per heavy atom. The maximum atomic E-state index is 12.9. The van der Waals surface area contributed by atoms with Gasteiger partial charge in [-0.2, -0.15) is 0 Å². The molecule has 3 nitrogen and oxygen atoms in total. The van der Waals surface area contributed by atoms with Gasteiger partial charge in [0, 0.05) is 12.8 Å². The van der Waals surface area contributed by atoms with Crippen LogP contribution >= 0.6 is 0 Å². The maximum absolute atomic E-state index is 12.9. The van der Waals surface area contributed by atoms with Gasteiger partial charge < -0.3 is 4.74 Å². The Morgan fingerprint density at radius 1 is 0.882 bits per heavy atom. The average molecular weight is 477 g/mol. The second-order valence-electron chi connectivity index (χ2n) is 10.7. The Kier molecular flexibility index (Phi) is 17.4. The molecule has 1 saturated heterocycles. The average Bonchev–Trinajstić information content (AvgIpc) is 2.85. The first-order valence-electron chi connectivity index (χ1n) is 14.9. The lowest BCUT2D eigenvalue weighted by Crippen LogP contribution is -2.54. The number of carbonyl (C=O) groups excluding carboxylic acids is 1. The number of likely N-dealkylation sites (tertiary alicyclic amines) is 1. The lowest BCUT2D eigenvalue weighted by molar-refractivity contribution is -0.900. The Labute approximate surface area is 213 Å². The first-order valence-corrected chi connectivity index (χ1v) is 14.9. The Hall–Kier alpha value is -1.09. The fraction of sp³-hybridized carbons (Fsp3) is 0.839. The summed E-state index contributed by atoms with van der Waals surface area (Å²) in [5.41, 5.74) is 1.29. The van der Waals surface area contributed by atoms with Crippen LogP contribution in [-0.2, 0) is 9.53 Å². The van der Waals surface area contributed by atoms with Crippen LogP contribution in [0.4, 0.5) is 0 Å². The van der Waals surface area contributed by atoms with Crippen LogP contribution in [0.2, 0.25) is 0 Å². The summed E-state index contributed by atoms with van der Waals surface area (Å²) in [4.78, 5) is 12.9. The highest BCUT2D eigenvalue weighted by molar-refractivity contribution is 5.74. The number of rotatable bonds is 20. The van der Waals surface area contributed by atoms with Crippen molar-refractivity contribution < 1.29 is 14.0 Å². The van der Waals surface area contributed by atoms with Crippen molar-refractivity contribution in [3.63, 3.8) is 0 Å². The molecule has 0 aromatic heterocycles. The lowest BCUT2D eigenvalue weighted by atomic mass is 9.91. The molecule has 1 aliphatic heterocycles. The van der Waals surface area contributed by atoms with E-state index in [0.717, 1.165) is 37.0 Å². The summed E-state index contributed by atoms with van der Waals surface area (Å²) in [6.07, 6.45) is 24.9. The van der Waals surface area contributed by atoms with Crippen LogP contribution in [0, 0.1) is 11.8 Å². The number of quaternary nitrogens is 1.